The average molecular weight is 316 g/mol. The molecule has 23 heavy (non-hydrogen) atoms. The van der Waals surface area contributed by atoms with Gasteiger partial charge in [-0.25, -0.2) is 0 Å². The minimum absolute atomic E-state index is 0.410. The molecule has 1 heterocycles. The van der Waals surface area contributed by atoms with Crippen LogP contribution in [0.5, 0.6) is 5.75 Å². The Bertz CT molecular complexity index is 491. The molecular weight excluding hydrogens is 282 g/mol. The Morgan fingerprint density at radius 3 is 2.48 bits per heavy atom. The Morgan fingerprint density at radius 1 is 1.04 bits per heavy atom. The van der Waals surface area contributed by atoms with E-state index in [0.717, 1.165) is 18.2 Å². The highest BCUT2D eigenvalue weighted by Crippen LogP contribution is 2.39. The topological polar surface area (TPSA) is 21.3 Å². The molecule has 128 valence electrons. The molecule has 2 nitrogen and oxygen atoms in total. The normalized spacial score (nSPS) is 29.3. The maximum atomic E-state index is 6.33. The van der Waals surface area contributed by atoms with E-state index < -0.39 is 0 Å². The van der Waals surface area contributed by atoms with Crippen molar-refractivity contribution in [3.63, 3.8) is 0 Å². The lowest BCUT2D eigenvalue weighted by atomic mass is 9.72. The van der Waals surface area contributed by atoms with Crippen molar-refractivity contribution in [2.24, 2.45) is 11.3 Å². The molecule has 0 radical (unpaired) electrons. The summed E-state index contributed by atoms with van der Waals surface area (Å²) < 4.78 is 6.33. The van der Waals surface area contributed by atoms with E-state index in [1.165, 1.54) is 50.6 Å². The van der Waals surface area contributed by atoms with Crippen LogP contribution >= 0.6 is 0 Å². The van der Waals surface area contributed by atoms with Crippen molar-refractivity contribution in [2.45, 2.75) is 71.3 Å². The van der Waals surface area contributed by atoms with E-state index in [1.807, 2.05) is 0 Å². The predicted molar refractivity (Wildman–Crippen MR) is 97.1 cm³/mol. The van der Waals surface area contributed by atoms with E-state index in [0.29, 0.717) is 17.4 Å². The van der Waals surface area contributed by atoms with Crippen molar-refractivity contribution in [3.05, 3.63) is 29.8 Å². The SMILES string of the molecule is CC(C)(C)C1CCC(Oc2cccc(C3CCCNC3)c2)CC1. The molecule has 1 saturated carbocycles. The van der Waals surface area contributed by atoms with E-state index in [2.05, 4.69) is 50.4 Å². The molecule has 0 amide bonds. The van der Waals surface area contributed by atoms with Gasteiger partial charge in [0.1, 0.15) is 5.75 Å². The molecule has 2 heteroatoms. The Labute approximate surface area is 142 Å². The molecule has 0 spiro atoms. The third-order valence-electron chi connectivity index (χ3n) is 5.83. The maximum absolute atomic E-state index is 6.33. The van der Waals surface area contributed by atoms with Gasteiger partial charge in [-0.3, -0.25) is 0 Å². The number of piperidine rings is 1. The number of nitrogens with one attached hydrogen (secondary N) is 1. The summed E-state index contributed by atoms with van der Waals surface area (Å²) >= 11 is 0. The van der Waals surface area contributed by atoms with Crippen molar-refractivity contribution in [3.8, 4) is 5.75 Å². The van der Waals surface area contributed by atoms with Crippen molar-refractivity contribution >= 4 is 0 Å². The van der Waals surface area contributed by atoms with E-state index in [9.17, 15) is 0 Å². The van der Waals surface area contributed by atoms with E-state index in [-0.39, 0.29) is 0 Å². The molecule has 2 fully saturated rings. The Balaban J connectivity index is 1.56. The lowest BCUT2D eigenvalue weighted by Crippen LogP contribution is -2.30. The minimum Gasteiger partial charge on any atom is -0.490 e. The second kappa shape index (κ2) is 7.25. The number of benzene rings is 1. The van der Waals surface area contributed by atoms with Crippen LogP contribution in [0.4, 0.5) is 0 Å². The number of ether oxygens (including phenoxy) is 1. The summed E-state index contributed by atoms with van der Waals surface area (Å²) in [4.78, 5) is 0. The van der Waals surface area contributed by atoms with Gasteiger partial charge < -0.3 is 10.1 Å². The first-order valence-electron chi connectivity index (χ1n) is 9.50. The minimum atomic E-state index is 0.410. The smallest absolute Gasteiger partial charge is 0.120 e. The number of hydrogen-bond acceptors (Lipinski definition) is 2. The van der Waals surface area contributed by atoms with Gasteiger partial charge in [0.05, 0.1) is 6.10 Å². The summed E-state index contributed by atoms with van der Waals surface area (Å²) in [7, 11) is 0. The highest BCUT2D eigenvalue weighted by atomic mass is 16.5. The van der Waals surface area contributed by atoms with Crippen LogP contribution in [0.2, 0.25) is 0 Å². The lowest BCUT2D eigenvalue weighted by Gasteiger charge is -2.37. The fraction of sp³-hybridized carbons (Fsp3) is 0.714. The zero-order valence-corrected chi connectivity index (χ0v) is 15.1. The van der Waals surface area contributed by atoms with Gasteiger partial charge >= 0.3 is 0 Å². The predicted octanol–water partition coefficient (Wildman–Crippen LogP) is 5.14. The quantitative estimate of drug-likeness (QED) is 0.834. The zero-order valence-electron chi connectivity index (χ0n) is 15.1. The van der Waals surface area contributed by atoms with Gasteiger partial charge in [0.25, 0.3) is 0 Å². The summed E-state index contributed by atoms with van der Waals surface area (Å²) in [5.74, 6) is 2.58. The van der Waals surface area contributed by atoms with Gasteiger partial charge in [0.15, 0.2) is 0 Å². The number of hydrogen-bond donors (Lipinski definition) is 1. The van der Waals surface area contributed by atoms with E-state index in [1.54, 1.807) is 0 Å². The molecular formula is C21H33NO. The third kappa shape index (κ3) is 4.50. The van der Waals surface area contributed by atoms with Gasteiger partial charge in [-0.05, 0) is 80.0 Å². The first kappa shape index (κ1) is 16.8. The molecule has 1 aliphatic carbocycles. The fourth-order valence-electron chi connectivity index (χ4n) is 4.22. The van der Waals surface area contributed by atoms with Crippen LogP contribution in [-0.2, 0) is 0 Å². The molecule has 1 saturated heterocycles. The van der Waals surface area contributed by atoms with Crippen molar-refractivity contribution < 1.29 is 4.74 Å². The Kier molecular flexibility index (Phi) is 5.31. The molecule has 1 N–H and O–H groups in total. The van der Waals surface area contributed by atoms with Crippen molar-refractivity contribution in [2.75, 3.05) is 13.1 Å². The van der Waals surface area contributed by atoms with Crippen LogP contribution in [0.25, 0.3) is 0 Å². The van der Waals surface area contributed by atoms with E-state index in [4.69, 9.17) is 4.74 Å². The van der Waals surface area contributed by atoms with Gasteiger partial charge in [0.2, 0.25) is 0 Å². The molecule has 2 aliphatic rings. The van der Waals surface area contributed by atoms with Crippen LogP contribution in [-0.4, -0.2) is 19.2 Å². The Hall–Kier alpha value is -1.02. The van der Waals surface area contributed by atoms with Crippen LogP contribution in [0.1, 0.15) is 70.8 Å². The first-order chi connectivity index (χ1) is 11.0. The van der Waals surface area contributed by atoms with Gasteiger partial charge in [-0.15, -0.1) is 0 Å². The molecule has 1 aromatic carbocycles. The zero-order chi connectivity index (χ0) is 16.3. The van der Waals surface area contributed by atoms with Gasteiger partial charge in [0, 0.05) is 6.54 Å². The number of rotatable bonds is 3. The summed E-state index contributed by atoms with van der Waals surface area (Å²) in [6, 6.07) is 8.85. The maximum Gasteiger partial charge on any atom is 0.120 e. The summed E-state index contributed by atoms with van der Waals surface area (Å²) in [6.07, 6.45) is 8.02. The largest absolute Gasteiger partial charge is 0.490 e. The fourth-order valence-corrected chi connectivity index (χ4v) is 4.22. The summed E-state index contributed by atoms with van der Waals surface area (Å²) in [6.45, 7) is 9.41. The lowest BCUT2D eigenvalue weighted by molar-refractivity contribution is 0.0881. The van der Waals surface area contributed by atoms with E-state index >= 15 is 0 Å². The molecule has 1 unspecified atom stereocenters. The molecule has 0 bridgehead atoms. The van der Waals surface area contributed by atoms with Crippen LogP contribution < -0.4 is 10.1 Å². The second-order valence-corrected chi connectivity index (χ2v) is 8.57. The van der Waals surface area contributed by atoms with Crippen molar-refractivity contribution in [1.29, 1.82) is 0 Å². The third-order valence-corrected chi connectivity index (χ3v) is 5.83. The van der Waals surface area contributed by atoms with Gasteiger partial charge in [-0.1, -0.05) is 32.9 Å². The standard InChI is InChI=1S/C21H33NO/c1-21(2,3)18-9-11-19(12-10-18)23-20-8-4-6-16(14-20)17-7-5-13-22-15-17/h4,6,8,14,17-19,22H,5,7,9-13,15H2,1-3H3. The summed E-state index contributed by atoms with van der Waals surface area (Å²) in [5, 5.41) is 3.51. The molecule has 0 aromatic heterocycles. The highest BCUT2D eigenvalue weighted by molar-refractivity contribution is 5.31. The molecule has 3 rings (SSSR count). The Morgan fingerprint density at radius 2 is 1.83 bits per heavy atom. The highest BCUT2D eigenvalue weighted by Gasteiger charge is 2.30. The second-order valence-electron chi connectivity index (χ2n) is 8.57. The van der Waals surface area contributed by atoms with Gasteiger partial charge in [-0.2, -0.15) is 0 Å². The van der Waals surface area contributed by atoms with Crippen LogP contribution in [0.15, 0.2) is 24.3 Å². The monoisotopic (exact) mass is 315 g/mol. The summed E-state index contributed by atoms with van der Waals surface area (Å²) in [5.41, 5.74) is 1.89. The average Bonchev–Trinajstić information content (AvgIpc) is 2.56. The molecule has 1 aliphatic heterocycles. The van der Waals surface area contributed by atoms with Crippen LogP contribution in [0, 0.1) is 11.3 Å². The van der Waals surface area contributed by atoms with Crippen molar-refractivity contribution in [1.82, 2.24) is 5.32 Å². The molecule has 1 atom stereocenters. The first-order valence-corrected chi connectivity index (χ1v) is 9.50. The van der Waals surface area contributed by atoms with Crippen LogP contribution in [0.3, 0.4) is 0 Å². The molecule has 1 aromatic rings.